The molecule has 0 heterocycles. The third-order valence-electron chi connectivity index (χ3n) is 3.68. The van der Waals surface area contributed by atoms with Crippen molar-refractivity contribution in [2.75, 3.05) is 20.1 Å². The standard InChI is InChI=1S/C15H27N3O2S/c1-5-14-7-6-13(11-16)10-15(14)21(19,20)17-8-9-18(4)12(2)3/h6-7,10,12,17H,5,8-9,11,16H2,1-4H3. The molecule has 6 heteroatoms. The summed E-state index contributed by atoms with van der Waals surface area (Å²) in [6, 6.07) is 5.79. The minimum atomic E-state index is -3.49. The Morgan fingerprint density at radius 3 is 2.52 bits per heavy atom. The zero-order valence-electron chi connectivity index (χ0n) is 13.4. The average Bonchev–Trinajstić information content (AvgIpc) is 2.46. The fourth-order valence-corrected chi connectivity index (χ4v) is 3.34. The van der Waals surface area contributed by atoms with E-state index in [1.165, 1.54) is 0 Å². The summed E-state index contributed by atoms with van der Waals surface area (Å²) < 4.78 is 27.6. The number of hydrogen-bond acceptors (Lipinski definition) is 4. The van der Waals surface area contributed by atoms with Crippen LogP contribution in [0.25, 0.3) is 0 Å². The molecule has 1 rings (SSSR count). The summed E-state index contributed by atoms with van der Waals surface area (Å²) in [7, 11) is -1.51. The van der Waals surface area contributed by atoms with E-state index in [0.717, 1.165) is 11.1 Å². The van der Waals surface area contributed by atoms with Crippen molar-refractivity contribution in [2.24, 2.45) is 5.73 Å². The fraction of sp³-hybridized carbons (Fsp3) is 0.600. The second-order valence-electron chi connectivity index (χ2n) is 5.47. The van der Waals surface area contributed by atoms with E-state index in [4.69, 9.17) is 5.73 Å². The van der Waals surface area contributed by atoms with E-state index in [-0.39, 0.29) is 0 Å². The van der Waals surface area contributed by atoms with Crippen LogP contribution in [-0.4, -0.2) is 39.5 Å². The topological polar surface area (TPSA) is 75.4 Å². The Hall–Kier alpha value is -0.950. The van der Waals surface area contributed by atoms with E-state index in [9.17, 15) is 8.42 Å². The van der Waals surface area contributed by atoms with Crippen LogP contribution in [0, 0.1) is 0 Å². The van der Waals surface area contributed by atoms with E-state index in [1.807, 2.05) is 26.1 Å². The van der Waals surface area contributed by atoms with Gasteiger partial charge < -0.3 is 10.6 Å². The lowest BCUT2D eigenvalue weighted by atomic mass is 10.1. The molecule has 0 aliphatic rings. The third kappa shape index (κ3) is 5.07. The Bertz CT molecular complexity index is 556. The molecule has 1 aromatic rings. The van der Waals surface area contributed by atoms with E-state index < -0.39 is 10.0 Å². The van der Waals surface area contributed by atoms with E-state index in [0.29, 0.717) is 37.0 Å². The molecule has 0 aromatic heterocycles. The molecule has 0 spiro atoms. The van der Waals surface area contributed by atoms with Crippen molar-refractivity contribution < 1.29 is 8.42 Å². The summed E-state index contributed by atoms with van der Waals surface area (Å²) in [5, 5.41) is 0. The summed E-state index contributed by atoms with van der Waals surface area (Å²) in [6.45, 7) is 7.51. The number of benzene rings is 1. The highest BCUT2D eigenvalue weighted by molar-refractivity contribution is 7.89. The van der Waals surface area contributed by atoms with Crippen LogP contribution in [0.1, 0.15) is 31.9 Å². The molecule has 0 atom stereocenters. The van der Waals surface area contributed by atoms with Gasteiger partial charge in [0.15, 0.2) is 0 Å². The number of rotatable bonds is 8. The van der Waals surface area contributed by atoms with Gasteiger partial charge in [-0.05, 0) is 44.5 Å². The molecule has 0 fully saturated rings. The molecule has 0 unspecified atom stereocenters. The third-order valence-corrected chi connectivity index (χ3v) is 5.22. The molecule has 0 aliphatic heterocycles. The molecule has 21 heavy (non-hydrogen) atoms. The summed E-state index contributed by atoms with van der Waals surface area (Å²) in [5.41, 5.74) is 7.25. The Morgan fingerprint density at radius 2 is 2.00 bits per heavy atom. The van der Waals surface area contributed by atoms with Crippen molar-refractivity contribution >= 4 is 10.0 Å². The lowest BCUT2D eigenvalue weighted by molar-refractivity contribution is 0.278. The molecule has 120 valence electrons. The largest absolute Gasteiger partial charge is 0.326 e. The zero-order valence-corrected chi connectivity index (χ0v) is 14.2. The molecule has 0 saturated heterocycles. The lowest BCUT2D eigenvalue weighted by Gasteiger charge is -2.21. The lowest BCUT2D eigenvalue weighted by Crippen LogP contribution is -2.36. The Balaban J connectivity index is 2.87. The van der Waals surface area contributed by atoms with Crippen molar-refractivity contribution in [3.63, 3.8) is 0 Å². The average molecular weight is 313 g/mol. The van der Waals surface area contributed by atoms with Crippen LogP contribution in [0.4, 0.5) is 0 Å². The first-order valence-corrected chi connectivity index (χ1v) is 8.82. The second-order valence-corrected chi connectivity index (χ2v) is 7.21. The van der Waals surface area contributed by atoms with E-state index in [1.54, 1.807) is 6.07 Å². The molecule has 1 aromatic carbocycles. The van der Waals surface area contributed by atoms with Crippen molar-refractivity contribution in [1.82, 2.24) is 9.62 Å². The highest BCUT2D eigenvalue weighted by Gasteiger charge is 2.18. The van der Waals surface area contributed by atoms with Gasteiger partial charge in [-0.25, -0.2) is 13.1 Å². The fourth-order valence-electron chi connectivity index (χ4n) is 1.96. The minimum Gasteiger partial charge on any atom is -0.326 e. The van der Waals surface area contributed by atoms with Crippen LogP contribution in [0.3, 0.4) is 0 Å². The summed E-state index contributed by atoms with van der Waals surface area (Å²) in [4.78, 5) is 2.44. The van der Waals surface area contributed by atoms with E-state index in [2.05, 4.69) is 23.5 Å². The van der Waals surface area contributed by atoms with Crippen LogP contribution in [-0.2, 0) is 23.0 Å². The number of nitrogens with two attached hydrogens (primary N) is 1. The number of nitrogens with one attached hydrogen (secondary N) is 1. The zero-order chi connectivity index (χ0) is 16.0. The first kappa shape index (κ1) is 18.1. The highest BCUT2D eigenvalue weighted by Crippen LogP contribution is 2.18. The monoisotopic (exact) mass is 313 g/mol. The number of likely N-dealkylation sites (N-methyl/N-ethyl adjacent to an activating group) is 1. The molecule has 0 aliphatic carbocycles. The molecule has 0 amide bonds. The Morgan fingerprint density at radius 1 is 1.33 bits per heavy atom. The molecule has 0 radical (unpaired) electrons. The van der Waals surface area contributed by atoms with Gasteiger partial charge in [-0.1, -0.05) is 19.1 Å². The summed E-state index contributed by atoms with van der Waals surface area (Å²) in [6.07, 6.45) is 0.674. The normalized spacial score (nSPS) is 12.3. The SMILES string of the molecule is CCc1ccc(CN)cc1S(=O)(=O)NCCN(C)C(C)C. The van der Waals surface area contributed by atoms with Crippen molar-refractivity contribution in [1.29, 1.82) is 0 Å². The van der Waals surface area contributed by atoms with Gasteiger partial charge in [-0.15, -0.1) is 0 Å². The first-order chi connectivity index (χ1) is 9.81. The molecular weight excluding hydrogens is 286 g/mol. The van der Waals surface area contributed by atoms with Gasteiger partial charge in [0.05, 0.1) is 4.90 Å². The number of sulfonamides is 1. The van der Waals surface area contributed by atoms with Gasteiger partial charge in [0.1, 0.15) is 0 Å². The Labute approximate surface area is 128 Å². The number of hydrogen-bond donors (Lipinski definition) is 2. The van der Waals surface area contributed by atoms with Crippen LogP contribution in [0.5, 0.6) is 0 Å². The smallest absolute Gasteiger partial charge is 0.240 e. The van der Waals surface area contributed by atoms with Crippen LogP contribution in [0.2, 0.25) is 0 Å². The predicted molar refractivity (Wildman–Crippen MR) is 86.7 cm³/mol. The Kier molecular flexibility index (Phi) is 6.80. The molecule has 5 nitrogen and oxygen atoms in total. The van der Waals surface area contributed by atoms with E-state index >= 15 is 0 Å². The maximum Gasteiger partial charge on any atom is 0.240 e. The molecule has 0 saturated carbocycles. The second kappa shape index (κ2) is 7.89. The van der Waals surface area contributed by atoms with Gasteiger partial charge in [-0.2, -0.15) is 0 Å². The maximum absolute atomic E-state index is 12.5. The van der Waals surface area contributed by atoms with Gasteiger partial charge >= 0.3 is 0 Å². The molecule has 3 N–H and O–H groups in total. The van der Waals surface area contributed by atoms with Crippen molar-refractivity contribution in [3.8, 4) is 0 Å². The quantitative estimate of drug-likeness (QED) is 0.759. The van der Waals surface area contributed by atoms with Gasteiger partial charge in [0.2, 0.25) is 10.0 Å². The maximum atomic E-state index is 12.5. The first-order valence-electron chi connectivity index (χ1n) is 7.33. The van der Waals surface area contributed by atoms with Gasteiger partial charge in [-0.3, -0.25) is 0 Å². The van der Waals surface area contributed by atoms with Crippen molar-refractivity contribution in [3.05, 3.63) is 29.3 Å². The summed E-state index contributed by atoms with van der Waals surface area (Å²) in [5.74, 6) is 0. The predicted octanol–water partition coefficient (Wildman–Crippen LogP) is 1.33. The summed E-state index contributed by atoms with van der Waals surface area (Å²) >= 11 is 0. The van der Waals surface area contributed by atoms with Crippen LogP contribution < -0.4 is 10.5 Å². The molecule has 0 bridgehead atoms. The van der Waals surface area contributed by atoms with Gasteiger partial charge in [0, 0.05) is 25.7 Å². The van der Waals surface area contributed by atoms with Crippen LogP contribution >= 0.6 is 0 Å². The van der Waals surface area contributed by atoms with Crippen molar-refractivity contribution in [2.45, 2.75) is 44.7 Å². The van der Waals surface area contributed by atoms with Gasteiger partial charge in [0.25, 0.3) is 0 Å². The highest BCUT2D eigenvalue weighted by atomic mass is 32.2. The molecular formula is C15H27N3O2S. The van der Waals surface area contributed by atoms with Crippen LogP contribution in [0.15, 0.2) is 23.1 Å². The minimum absolute atomic E-state index is 0.336. The number of aryl methyl sites for hydroxylation is 1. The number of nitrogens with zero attached hydrogens (tertiary/aromatic N) is 1.